The maximum atomic E-state index is 13.2. The van der Waals surface area contributed by atoms with Gasteiger partial charge in [0.15, 0.2) is 0 Å². The minimum Gasteiger partial charge on any atom is -0.478 e. The van der Waals surface area contributed by atoms with Crippen LogP contribution in [0.4, 0.5) is 5.69 Å². The van der Waals surface area contributed by atoms with E-state index in [1.165, 1.54) is 12.1 Å². The molecule has 0 radical (unpaired) electrons. The summed E-state index contributed by atoms with van der Waals surface area (Å²) in [5, 5.41) is 8.25. The maximum absolute atomic E-state index is 13.2. The lowest BCUT2D eigenvalue weighted by Crippen LogP contribution is -2.39. The molecule has 8 nitrogen and oxygen atoms in total. The Morgan fingerprint density at radius 1 is 1.09 bits per heavy atom. The van der Waals surface area contributed by atoms with Crippen molar-refractivity contribution in [3.8, 4) is 11.3 Å². The molecule has 0 saturated carbocycles. The summed E-state index contributed by atoms with van der Waals surface area (Å²) in [5.74, 6) is -0.497. The summed E-state index contributed by atoms with van der Waals surface area (Å²) in [6.45, 7) is 3.67. The third-order valence-electron chi connectivity index (χ3n) is 5.34. The zero-order valence-corrected chi connectivity index (χ0v) is 19.4. The Morgan fingerprint density at radius 3 is 2.39 bits per heavy atom. The molecule has 0 spiro atoms. The van der Waals surface area contributed by atoms with Gasteiger partial charge in [0, 0.05) is 17.7 Å². The Labute approximate surface area is 195 Å². The van der Waals surface area contributed by atoms with Crippen LogP contribution in [-0.4, -0.2) is 39.9 Å². The first-order chi connectivity index (χ1) is 15.5. The quantitative estimate of drug-likeness (QED) is 0.498. The van der Waals surface area contributed by atoms with Crippen LogP contribution in [0.25, 0.3) is 11.3 Å². The predicted octanol–water partition coefficient (Wildman–Crippen LogP) is 4.12. The van der Waals surface area contributed by atoms with Gasteiger partial charge in [-0.1, -0.05) is 29.8 Å². The van der Waals surface area contributed by atoms with Crippen LogP contribution in [-0.2, 0) is 21.3 Å². The summed E-state index contributed by atoms with van der Waals surface area (Å²) in [6.07, 6.45) is 0.129. The number of aryl methyl sites for hydroxylation is 2. The number of carboxylic acid groups (broad SMARTS) is 1. The van der Waals surface area contributed by atoms with Crippen molar-refractivity contribution in [2.45, 2.75) is 30.2 Å². The molecular weight excluding hydrogens is 466 g/mol. The van der Waals surface area contributed by atoms with Gasteiger partial charge in [-0.3, -0.25) is 14.2 Å². The predicted molar refractivity (Wildman–Crippen MR) is 125 cm³/mol. The number of rotatable bonds is 6. The number of anilines is 1. The fraction of sp³-hybridized carbons (Fsp3) is 0.217. The molecule has 0 aliphatic carbocycles. The molecule has 172 valence electrons. The molecule has 2 heterocycles. The van der Waals surface area contributed by atoms with Crippen LogP contribution in [0.1, 0.15) is 27.2 Å². The first-order valence-corrected chi connectivity index (χ1v) is 12.4. The average Bonchev–Trinajstić information content (AvgIpc) is 3.34. The Balaban J connectivity index is 1.59. The minimum atomic E-state index is -4.54. The summed E-state index contributed by atoms with van der Waals surface area (Å²) in [7, 11) is -4.54. The lowest BCUT2D eigenvalue weighted by atomic mass is 10.1. The van der Waals surface area contributed by atoms with Gasteiger partial charge in [-0.05, 0) is 49.7 Å². The number of amides is 1. The van der Waals surface area contributed by atoms with E-state index in [1.54, 1.807) is 43.3 Å². The molecule has 2 atom stereocenters. The van der Waals surface area contributed by atoms with Crippen LogP contribution in [0, 0.1) is 13.8 Å². The average molecular weight is 488 g/mol. The van der Waals surface area contributed by atoms with Gasteiger partial charge in [-0.15, -0.1) is 11.8 Å². The molecule has 1 aromatic heterocycles. The van der Waals surface area contributed by atoms with Crippen molar-refractivity contribution < 1.29 is 32.1 Å². The van der Waals surface area contributed by atoms with E-state index >= 15 is 0 Å². The van der Waals surface area contributed by atoms with Gasteiger partial charge in [0.05, 0.1) is 10.8 Å². The highest BCUT2D eigenvalue weighted by Gasteiger charge is 2.48. The second-order valence-corrected chi connectivity index (χ2v) is 10.9. The molecule has 1 saturated heterocycles. The monoisotopic (exact) mass is 487 g/mol. The van der Waals surface area contributed by atoms with Crippen LogP contribution >= 0.6 is 11.8 Å². The van der Waals surface area contributed by atoms with Crippen molar-refractivity contribution >= 4 is 39.4 Å². The van der Waals surface area contributed by atoms with Crippen LogP contribution < -0.4 is 4.90 Å². The second-order valence-electron chi connectivity index (χ2n) is 7.80. The highest BCUT2D eigenvalue weighted by atomic mass is 32.3. The van der Waals surface area contributed by atoms with E-state index in [4.69, 9.17) is 9.52 Å². The van der Waals surface area contributed by atoms with Gasteiger partial charge in [0.2, 0.25) is 10.6 Å². The minimum absolute atomic E-state index is 0.129. The third kappa shape index (κ3) is 4.68. The van der Waals surface area contributed by atoms with Crippen molar-refractivity contribution in [2.24, 2.45) is 0 Å². The zero-order chi connectivity index (χ0) is 23.9. The fourth-order valence-corrected chi connectivity index (χ4v) is 6.33. The van der Waals surface area contributed by atoms with E-state index in [-0.39, 0.29) is 12.0 Å². The number of hydrogen-bond acceptors (Lipinski definition) is 6. The third-order valence-corrected chi connectivity index (χ3v) is 8.26. The number of aromatic carboxylic acids is 1. The van der Waals surface area contributed by atoms with E-state index in [0.29, 0.717) is 22.8 Å². The normalized spacial score (nSPS) is 18.6. The SMILES string of the molecule is Cc1ccc(N2C(=O)C(Cc3ccc(-c4ccc(C(=O)O)cc4)o3)SC2S(=O)(=O)O)c(C)c1. The molecule has 1 amide bonds. The van der Waals surface area contributed by atoms with Crippen LogP contribution in [0.15, 0.2) is 59.0 Å². The Kier molecular flexibility index (Phi) is 6.08. The van der Waals surface area contributed by atoms with Crippen molar-refractivity contribution in [1.29, 1.82) is 0 Å². The summed E-state index contributed by atoms with van der Waals surface area (Å²) in [5.41, 5.74) is 2.95. The largest absolute Gasteiger partial charge is 0.478 e. The number of thioether (sulfide) groups is 1. The summed E-state index contributed by atoms with van der Waals surface area (Å²) < 4.78 is 38.3. The highest BCUT2D eigenvalue weighted by molar-refractivity contribution is 8.13. The van der Waals surface area contributed by atoms with E-state index in [0.717, 1.165) is 27.8 Å². The molecule has 2 N–H and O–H groups in total. The zero-order valence-electron chi connectivity index (χ0n) is 17.8. The Hall–Kier alpha value is -3.08. The molecule has 4 rings (SSSR count). The smallest absolute Gasteiger partial charge is 0.335 e. The van der Waals surface area contributed by atoms with Crippen LogP contribution in [0.3, 0.4) is 0 Å². The van der Waals surface area contributed by atoms with E-state index in [9.17, 15) is 22.6 Å². The molecule has 1 aliphatic rings. The lowest BCUT2D eigenvalue weighted by molar-refractivity contribution is -0.117. The number of carbonyl (C=O) groups excluding carboxylic acids is 1. The van der Waals surface area contributed by atoms with E-state index in [1.807, 2.05) is 13.0 Å². The number of hydrogen-bond donors (Lipinski definition) is 2. The van der Waals surface area contributed by atoms with Crippen molar-refractivity contribution in [2.75, 3.05) is 4.90 Å². The molecule has 2 unspecified atom stereocenters. The maximum Gasteiger partial charge on any atom is 0.335 e. The van der Waals surface area contributed by atoms with Gasteiger partial charge in [-0.2, -0.15) is 8.42 Å². The molecular formula is C23H21NO7S2. The van der Waals surface area contributed by atoms with Crippen molar-refractivity contribution in [1.82, 2.24) is 0 Å². The molecule has 1 fully saturated rings. The van der Waals surface area contributed by atoms with Gasteiger partial charge in [0.1, 0.15) is 11.5 Å². The van der Waals surface area contributed by atoms with E-state index in [2.05, 4.69) is 0 Å². The first kappa shape index (κ1) is 23.1. The van der Waals surface area contributed by atoms with Gasteiger partial charge >= 0.3 is 5.97 Å². The van der Waals surface area contributed by atoms with Crippen molar-refractivity contribution in [3.63, 3.8) is 0 Å². The van der Waals surface area contributed by atoms with Crippen molar-refractivity contribution in [3.05, 3.63) is 77.0 Å². The lowest BCUT2D eigenvalue weighted by Gasteiger charge is -2.23. The Morgan fingerprint density at radius 2 is 1.79 bits per heavy atom. The Bertz CT molecular complexity index is 1330. The van der Waals surface area contributed by atoms with Gasteiger partial charge in [0.25, 0.3) is 10.1 Å². The molecule has 2 aromatic carbocycles. The molecule has 33 heavy (non-hydrogen) atoms. The summed E-state index contributed by atoms with van der Waals surface area (Å²) >= 11 is 0.860. The number of carbonyl (C=O) groups is 2. The van der Waals surface area contributed by atoms with E-state index < -0.39 is 32.0 Å². The fourth-order valence-electron chi connectivity index (χ4n) is 3.77. The number of carboxylic acids is 1. The second kappa shape index (κ2) is 8.69. The molecule has 0 bridgehead atoms. The first-order valence-electron chi connectivity index (χ1n) is 9.99. The number of benzene rings is 2. The molecule has 3 aromatic rings. The molecule has 10 heteroatoms. The summed E-state index contributed by atoms with van der Waals surface area (Å²) in [6, 6.07) is 14.9. The van der Waals surface area contributed by atoms with Crippen LogP contribution in [0.5, 0.6) is 0 Å². The highest BCUT2D eigenvalue weighted by Crippen LogP contribution is 2.41. The topological polar surface area (TPSA) is 125 Å². The number of furan rings is 1. The van der Waals surface area contributed by atoms with Crippen LogP contribution in [0.2, 0.25) is 0 Å². The van der Waals surface area contributed by atoms with Gasteiger partial charge in [-0.25, -0.2) is 4.79 Å². The number of nitrogens with zero attached hydrogens (tertiary/aromatic N) is 1. The molecule has 1 aliphatic heterocycles. The summed E-state index contributed by atoms with van der Waals surface area (Å²) in [4.78, 5) is 25.4. The van der Waals surface area contributed by atoms with Gasteiger partial charge < -0.3 is 9.52 Å². The standard InChI is InChI=1S/C23H21NO7S2/c1-13-3-9-18(14(2)11-13)24-21(25)20(32-23(24)33(28,29)30)12-17-8-10-19(31-17)15-4-6-16(7-5-15)22(26)27/h3-11,20,23H,12H2,1-2H3,(H,26,27)(H,28,29,30).